The normalized spacial score (nSPS) is 16.3. The average Bonchev–Trinajstić information content (AvgIpc) is 3.30. The molecule has 8 N–H and O–H groups in total. The standard InChI is InChI=1S/2C15H18I3NO2.C12H12F6O3.C7H4I2O3/c2*1-15(2,9-3-5-19-6-4-9)21-14(20)11-7-10(16)8-12(17)13(11)18;1-9(20,11(13,14)15)6-3-7(5-8(19)4-6)10(2,21)12(16,17)18;8-3-1-2-4(9)6(10)5(3)7(11)12/h2*7-9,19H,3-6H2,1-2H3;3-5,19-21H,1-2H3;1-2,10H,(H,11,12)/p+1. The van der Waals surface area contributed by atoms with E-state index in [2.05, 4.69) is 158 Å². The van der Waals surface area contributed by atoms with Gasteiger partial charge in [0.2, 0.25) is 0 Å². The predicted octanol–water partition coefficient (Wildman–Crippen LogP) is 13.1. The molecule has 6 rings (SSSR count). The van der Waals surface area contributed by atoms with Crippen molar-refractivity contribution in [2.24, 2.45) is 11.8 Å². The first-order chi connectivity index (χ1) is 34.3. The van der Waals surface area contributed by atoms with Gasteiger partial charge in [0, 0.05) is 49.7 Å². The second-order valence-corrected chi connectivity index (χ2v) is 27.9. The highest BCUT2D eigenvalue weighted by Gasteiger charge is 2.54. The van der Waals surface area contributed by atoms with E-state index in [1.54, 1.807) is 12.1 Å². The van der Waals surface area contributed by atoms with Crippen LogP contribution in [0.15, 0.2) is 54.6 Å². The van der Waals surface area contributed by atoms with Gasteiger partial charge in [-0.1, -0.05) is 0 Å². The number of benzene rings is 4. The fourth-order valence-corrected chi connectivity index (χ4v) is 13.4. The second-order valence-electron chi connectivity index (χ2n) is 18.6. The molecule has 4 aromatic rings. The van der Waals surface area contributed by atoms with Gasteiger partial charge >= 0.3 is 30.3 Å². The van der Waals surface area contributed by atoms with Gasteiger partial charge in [0.15, 0.2) is 11.2 Å². The Morgan fingerprint density at radius 2 is 0.947 bits per heavy atom. The number of hydrogen-bond acceptors (Lipinski definition) is 10. The number of carbonyl (C=O) groups excluding carboxylic acids is 2. The monoisotopic (exact) mass is 1960 g/mol. The minimum atomic E-state index is -5.18. The molecule has 2 saturated heterocycles. The molecule has 2 aliphatic rings. The Balaban J connectivity index is 0.000000268. The molecule has 0 bridgehead atoms. The first-order valence-corrected chi connectivity index (χ1v) is 31.0. The van der Waals surface area contributed by atoms with Crippen molar-refractivity contribution in [3.8, 4) is 11.5 Å². The second kappa shape index (κ2) is 28.9. The van der Waals surface area contributed by atoms with Crippen LogP contribution in [0.3, 0.4) is 0 Å². The summed E-state index contributed by atoms with van der Waals surface area (Å²) in [6, 6.07) is 12.6. The van der Waals surface area contributed by atoms with Crippen molar-refractivity contribution in [2.75, 3.05) is 26.2 Å². The lowest BCUT2D eigenvalue weighted by Gasteiger charge is -2.36. The zero-order chi connectivity index (χ0) is 57.4. The molecule has 0 spiro atoms. The maximum Gasteiger partial charge on any atom is 0.421 e. The number of esters is 2. The summed E-state index contributed by atoms with van der Waals surface area (Å²) in [6.45, 7) is 13.1. The van der Waals surface area contributed by atoms with Crippen molar-refractivity contribution in [2.45, 2.75) is 102 Å². The summed E-state index contributed by atoms with van der Waals surface area (Å²) in [5, 5.41) is 51.9. The molecule has 416 valence electrons. The number of hydrogen-bond donors (Lipinski definition) is 7. The van der Waals surface area contributed by atoms with Crippen LogP contribution in [0, 0.1) is 40.4 Å². The van der Waals surface area contributed by atoms with Crippen LogP contribution in [0.25, 0.3) is 0 Å². The van der Waals surface area contributed by atoms with Gasteiger partial charge in [-0.3, -0.25) is 0 Å². The Labute approximate surface area is 540 Å². The SMILES string of the molecule is CC(C)(OC(=O)c1cc(I)cc(I)c1I)C1CCNCC1.CC(C)(OC(=O)c1cc(I)cc(I)c1I)C1CC[NH2+]CC1.CC(O)(c1cc(O)cc(C(C)(O)C(F)(F)F)c1)C(F)(F)F.O=C(O)c1c(I)ccc(I)c1O. The van der Waals surface area contributed by atoms with Crippen LogP contribution >= 0.6 is 181 Å². The quantitative estimate of drug-likeness (QED) is 0.0364. The first kappa shape index (κ1) is 69.4. The predicted molar refractivity (Wildman–Crippen MR) is 338 cm³/mol. The number of aliphatic hydroxyl groups is 2. The van der Waals surface area contributed by atoms with Gasteiger partial charge in [0.05, 0.1) is 27.8 Å². The van der Waals surface area contributed by atoms with Gasteiger partial charge in [-0.05, 0) is 314 Å². The fraction of sp³-hybridized carbons (Fsp3) is 0.449. The van der Waals surface area contributed by atoms with Crippen LogP contribution in [0.2, 0.25) is 0 Å². The van der Waals surface area contributed by atoms with E-state index in [1.807, 2.05) is 85.0 Å². The van der Waals surface area contributed by atoms with Gasteiger partial charge in [-0.15, -0.1) is 0 Å². The molecule has 2 fully saturated rings. The Morgan fingerprint density at radius 3 is 1.31 bits per heavy atom. The molecule has 0 aromatic heterocycles. The number of quaternary nitrogens is 1. The Kier molecular flexibility index (Phi) is 26.8. The number of nitrogens with two attached hydrogens (primary N) is 1. The third-order valence-corrected chi connectivity index (χ3v) is 21.4. The molecule has 2 atom stereocenters. The van der Waals surface area contributed by atoms with Gasteiger partial charge in [0.1, 0.15) is 28.3 Å². The number of halogens is 14. The number of carbonyl (C=O) groups is 3. The van der Waals surface area contributed by atoms with Crippen LogP contribution in [0.1, 0.15) is 109 Å². The van der Waals surface area contributed by atoms with E-state index in [-0.39, 0.29) is 23.3 Å². The third kappa shape index (κ3) is 19.4. The number of ether oxygens (including phenoxy) is 2. The molecular weight excluding hydrogens is 1910 g/mol. The number of alkyl halides is 6. The number of carboxylic acid groups (broad SMARTS) is 1. The van der Waals surface area contributed by atoms with Crippen LogP contribution in [-0.2, 0) is 20.7 Å². The minimum absolute atomic E-state index is 0.0255. The molecule has 75 heavy (non-hydrogen) atoms. The molecule has 0 saturated carbocycles. The zero-order valence-corrected chi connectivity index (χ0v) is 57.9. The first-order valence-electron chi connectivity index (χ1n) is 22.4. The summed E-state index contributed by atoms with van der Waals surface area (Å²) < 4.78 is 95.3. The molecule has 2 heterocycles. The fourth-order valence-electron chi connectivity index (χ4n) is 7.55. The molecule has 26 heteroatoms. The minimum Gasteiger partial charge on any atom is -0.508 e. The van der Waals surface area contributed by atoms with E-state index in [0.29, 0.717) is 62.1 Å². The van der Waals surface area contributed by atoms with E-state index >= 15 is 0 Å². The molecule has 2 unspecified atom stereocenters. The lowest BCUT2D eigenvalue weighted by atomic mass is 9.83. The topological polar surface area (TPSA) is 199 Å². The summed E-state index contributed by atoms with van der Waals surface area (Å²) in [4.78, 5) is 35.8. The molecule has 0 aliphatic carbocycles. The summed E-state index contributed by atoms with van der Waals surface area (Å²) in [6.07, 6.45) is -6.02. The van der Waals surface area contributed by atoms with Crippen molar-refractivity contribution in [1.29, 1.82) is 0 Å². The van der Waals surface area contributed by atoms with Crippen LogP contribution in [0.4, 0.5) is 26.3 Å². The number of aromatic hydroxyl groups is 2. The Morgan fingerprint density at radius 1 is 0.573 bits per heavy atom. The largest absolute Gasteiger partial charge is 0.508 e. The number of aromatic carboxylic acids is 1. The molecular formula is C49H53F6I8N2O10+. The van der Waals surface area contributed by atoms with Crippen LogP contribution in [0.5, 0.6) is 11.5 Å². The number of piperidine rings is 2. The molecule has 0 radical (unpaired) electrons. The summed E-state index contributed by atoms with van der Waals surface area (Å²) in [5.74, 6) is -1.75. The maximum atomic E-state index is 12.7. The van der Waals surface area contributed by atoms with E-state index < -0.39 is 57.6 Å². The van der Waals surface area contributed by atoms with E-state index in [9.17, 15) is 61.2 Å². The third-order valence-electron chi connectivity index (χ3n) is 12.3. The number of carboxylic acids is 1. The van der Waals surface area contributed by atoms with Gasteiger partial charge in [-0.2, -0.15) is 26.3 Å². The Bertz CT molecular complexity index is 2540. The lowest BCUT2D eigenvalue weighted by molar-refractivity contribution is -0.665. The highest BCUT2D eigenvalue weighted by molar-refractivity contribution is 14.1. The molecule has 4 aromatic carbocycles. The molecule has 12 nitrogen and oxygen atoms in total. The van der Waals surface area contributed by atoms with E-state index in [1.165, 1.54) is 0 Å². The van der Waals surface area contributed by atoms with Crippen LogP contribution in [-0.4, -0.2) is 93.2 Å². The number of nitrogens with one attached hydrogen (secondary N) is 1. The summed E-state index contributed by atoms with van der Waals surface area (Å²) >= 11 is 17.2. The zero-order valence-electron chi connectivity index (χ0n) is 40.7. The summed E-state index contributed by atoms with van der Waals surface area (Å²) in [5.41, 5.74) is -8.50. The summed E-state index contributed by atoms with van der Waals surface area (Å²) in [7, 11) is 0. The van der Waals surface area contributed by atoms with Crippen molar-refractivity contribution in [3.63, 3.8) is 0 Å². The van der Waals surface area contributed by atoms with Gasteiger partial charge in [0.25, 0.3) is 0 Å². The highest BCUT2D eigenvalue weighted by atomic mass is 127. The van der Waals surface area contributed by atoms with Crippen molar-refractivity contribution in [3.05, 3.63) is 111 Å². The lowest BCUT2D eigenvalue weighted by Crippen LogP contribution is -2.86. The van der Waals surface area contributed by atoms with Gasteiger partial charge in [-0.25, -0.2) is 14.4 Å². The number of rotatable bonds is 9. The smallest absolute Gasteiger partial charge is 0.421 e. The Hall–Kier alpha value is 0.150. The van der Waals surface area contributed by atoms with Crippen molar-refractivity contribution < 1.29 is 81.0 Å². The molecule has 0 amide bonds. The number of phenolic OH excluding ortho intramolecular Hbond substituents is 1. The van der Waals surface area contributed by atoms with Crippen LogP contribution < -0.4 is 10.6 Å². The average molecular weight is 1960 g/mol. The van der Waals surface area contributed by atoms with Gasteiger partial charge < -0.3 is 45.6 Å². The number of phenols is 2. The maximum absolute atomic E-state index is 12.7. The molecule has 2 aliphatic heterocycles. The van der Waals surface area contributed by atoms with Crippen molar-refractivity contribution >= 4 is 199 Å². The van der Waals surface area contributed by atoms with E-state index in [0.717, 1.165) is 73.3 Å². The van der Waals surface area contributed by atoms with Crippen molar-refractivity contribution in [1.82, 2.24) is 5.32 Å². The van der Waals surface area contributed by atoms with E-state index in [4.69, 9.17) is 14.6 Å². The highest BCUT2D eigenvalue weighted by Crippen LogP contribution is 2.44.